The molecule has 0 saturated heterocycles. The largest absolute Gasteiger partial charge is 0.433 e. The fourth-order valence-corrected chi connectivity index (χ4v) is 3.12. The first kappa shape index (κ1) is 20.3. The van der Waals surface area contributed by atoms with Gasteiger partial charge in [0, 0.05) is 23.5 Å². The summed E-state index contributed by atoms with van der Waals surface area (Å²) in [5, 5.41) is 3.19. The van der Waals surface area contributed by atoms with Crippen LogP contribution in [0.5, 0.6) is 0 Å². The second-order valence-electron chi connectivity index (χ2n) is 6.91. The molecule has 0 aliphatic rings. The summed E-state index contributed by atoms with van der Waals surface area (Å²) in [6, 6.07) is 21.4. The topological polar surface area (TPSA) is 76.7 Å². The normalized spacial score (nSPS) is 11.3. The first-order chi connectivity index (χ1) is 14.9. The molecule has 0 aliphatic carbocycles. The van der Waals surface area contributed by atoms with Crippen molar-refractivity contribution in [2.24, 2.45) is 0 Å². The minimum absolute atomic E-state index is 0.152. The molecule has 0 amide bonds. The predicted octanol–water partition coefficient (Wildman–Crippen LogP) is 5.47. The summed E-state index contributed by atoms with van der Waals surface area (Å²) in [6.07, 6.45) is -2.91. The van der Waals surface area contributed by atoms with Gasteiger partial charge in [-0.2, -0.15) is 18.2 Å². The van der Waals surface area contributed by atoms with Crippen LogP contribution in [0.25, 0.3) is 11.3 Å². The van der Waals surface area contributed by atoms with E-state index >= 15 is 0 Å². The summed E-state index contributed by atoms with van der Waals surface area (Å²) >= 11 is 0. The molecule has 0 aliphatic heterocycles. The fraction of sp³-hybridized carbons (Fsp3) is 0.0870. The first-order valence-corrected chi connectivity index (χ1v) is 9.45. The number of nitrogens with one attached hydrogen (secondary N) is 1. The maximum absolute atomic E-state index is 12.8. The third-order valence-electron chi connectivity index (χ3n) is 4.56. The van der Waals surface area contributed by atoms with E-state index in [1.165, 1.54) is 6.20 Å². The van der Waals surface area contributed by atoms with E-state index in [1.807, 2.05) is 54.6 Å². The second kappa shape index (κ2) is 8.43. The first-order valence-electron chi connectivity index (χ1n) is 9.45. The molecule has 0 atom stereocenters. The van der Waals surface area contributed by atoms with E-state index in [-0.39, 0.29) is 5.95 Å². The van der Waals surface area contributed by atoms with Crippen molar-refractivity contribution in [1.82, 2.24) is 15.0 Å². The van der Waals surface area contributed by atoms with Gasteiger partial charge in [-0.05, 0) is 41.8 Å². The molecule has 8 heteroatoms. The summed E-state index contributed by atoms with van der Waals surface area (Å²) in [4.78, 5) is 11.9. The lowest BCUT2D eigenvalue weighted by molar-refractivity contribution is -0.141. The Bertz CT molecular complexity index is 1180. The van der Waals surface area contributed by atoms with Gasteiger partial charge in [0.15, 0.2) is 0 Å². The molecule has 0 fully saturated rings. The predicted molar refractivity (Wildman–Crippen MR) is 114 cm³/mol. The molecule has 0 radical (unpaired) electrons. The molecule has 5 nitrogen and oxygen atoms in total. The van der Waals surface area contributed by atoms with Crippen LogP contribution in [-0.2, 0) is 12.6 Å². The third-order valence-corrected chi connectivity index (χ3v) is 4.56. The van der Waals surface area contributed by atoms with Gasteiger partial charge in [-0.1, -0.05) is 42.5 Å². The van der Waals surface area contributed by atoms with Crippen LogP contribution >= 0.6 is 0 Å². The van der Waals surface area contributed by atoms with Gasteiger partial charge in [-0.15, -0.1) is 0 Å². The van der Waals surface area contributed by atoms with E-state index in [2.05, 4.69) is 20.3 Å². The number of anilines is 3. The molecule has 2 heterocycles. The molecule has 0 bridgehead atoms. The molecule has 3 N–H and O–H groups in total. The summed E-state index contributed by atoms with van der Waals surface area (Å²) in [7, 11) is 0. The Balaban J connectivity index is 1.49. The van der Waals surface area contributed by atoms with Gasteiger partial charge in [0.2, 0.25) is 5.95 Å². The Morgan fingerprint density at radius 1 is 0.839 bits per heavy atom. The maximum atomic E-state index is 12.8. The fourth-order valence-electron chi connectivity index (χ4n) is 3.12. The Labute approximate surface area is 176 Å². The quantitative estimate of drug-likeness (QED) is 0.447. The highest BCUT2D eigenvalue weighted by atomic mass is 19.4. The lowest BCUT2D eigenvalue weighted by atomic mass is 10.0. The third kappa shape index (κ3) is 5.16. The van der Waals surface area contributed by atoms with Crippen molar-refractivity contribution in [3.8, 4) is 11.3 Å². The molecule has 2 aromatic carbocycles. The van der Waals surface area contributed by atoms with Gasteiger partial charge < -0.3 is 11.1 Å². The number of rotatable bonds is 5. The van der Waals surface area contributed by atoms with Crippen molar-refractivity contribution in [3.05, 3.63) is 95.8 Å². The monoisotopic (exact) mass is 421 g/mol. The van der Waals surface area contributed by atoms with Crippen molar-refractivity contribution in [3.63, 3.8) is 0 Å². The summed E-state index contributed by atoms with van der Waals surface area (Å²) in [5.41, 5.74) is 8.77. The zero-order valence-corrected chi connectivity index (χ0v) is 16.3. The van der Waals surface area contributed by atoms with Crippen molar-refractivity contribution < 1.29 is 13.2 Å². The Kier molecular flexibility index (Phi) is 5.53. The van der Waals surface area contributed by atoms with Gasteiger partial charge in [0.25, 0.3) is 0 Å². The Hall–Kier alpha value is -3.94. The number of hydrogen-bond acceptors (Lipinski definition) is 5. The van der Waals surface area contributed by atoms with E-state index in [1.54, 1.807) is 12.1 Å². The standard InChI is InChI=1S/C23H18F3N5/c24-23(25,26)20-13-16(10-11-28-20)12-15-6-8-18(9-7-15)29-21-14-19(30-22(27)31-21)17-4-2-1-3-5-17/h1-11,13-14H,12H2,(H3,27,29,30,31). The van der Waals surface area contributed by atoms with Crippen LogP contribution in [0.15, 0.2) is 79.0 Å². The molecular formula is C23H18F3N5. The maximum Gasteiger partial charge on any atom is 0.433 e. The Morgan fingerprint density at radius 2 is 1.58 bits per heavy atom. The van der Waals surface area contributed by atoms with Crippen LogP contribution in [0.4, 0.5) is 30.6 Å². The zero-order valence-electron chi connectivity index (χ0n) is 16.3. The lowest BCUT2D eigenvalue weighted by Gasteiger charge is -2.10. The van der Waals surface area contributed by atoms with Crippen molar-refractivity contribution in [2.45, 2.75) is 12.6 Å². The average molecular weight is 421 g/mol. The number of halogens is 3. The van der Waals surface area contributed by atoms with Gasteiger partial charge in [-0.3, -0.25) is 4.98 Å². The number of alkyl halides is 3. The molecule has 2 aromatic heterocycles. The molecule has 31 heavy (non-hydrogen) atoms. The van der Waals surface area contributed by atoms with E-state index in [4.69, 9.17) is 5.73 Å². The minimum atomic E-state index is -4.46. The highest BCUT2D eigenvalue weighted by Crippen LogP contribution is 2.28. The van der Waals surface area contributed by atoms with Crippen LogP contribution in [0.1, 0.15) is 16.8 Å². The van der Waals surface area contributed by atoms with Crippen molar-refractivity contribution in [1.29, 1.82) is 0 Å². The van der Waals surface area contributed by atoms with Crippen LogP contribution < -0.4 is 11.1 Å². The van der Waals surface area contributed by atoms with E-state index in [9.17, 15) is 13.2 Å². The smallest absolute Gasteiger partial charge is 0.368 e. The minimum Gasteiger partial charge on any atom is -0.368 e. The number of pyridine rings is 1. The van der Waals surface area contributed by atoms with Crippen LogP contribution in [0, 0.1) is 0 Å². The molecule has 4 aromatic rings. The SMILES string of the molecule is Nc1nc(Nc2ccc(Cc3ccnc(C(F)(F)F)c3)cc2)cc(-c2ccccc2)n1. The van der Waals surface area contributed by atoms with E-state index in [0.717, 1.165) is 22.9 Å². The molecule has 156 valence electrons. The number of benzene rings is 2. The molecule has 4 rings (SSSR count). The van der Waals surface area contributed by atoms with Crippen LogP contribution in [-0.4, -0.2) is 15.0 Å². The number of nitrogens with two attached hydrogens (primary N) is 1. The molecule has 0 spiro atoms. The second-order valence-corrected chi connectivity index (χ2v) is 6.91. The number of nitrogens with zero attached hydrogens (tertiary/aromatic N) is 3. The highest BCUT2D eigenvalue weighted by molar-refractivity contribution is 5.67. The lowest BCUT2D eigenvalue weighted by Crippen LogP contribution is -2.08. The van der Waals surface area contributed by atoms with Gasteiger partial charge in [-0.25, -0.2) is 4.98 Å². The van der Waals surface area contributed by atoms with Crippen molar-refractivity contribution in [2.75, 3.05) is 11.1 Å². The van der Waals surface area contributed by atoms with Gasteiger partial charge in [0.05, 0.1) is 5.69 Å². The van der Waals surface area contributed by atoms with Crippen LogP contribution in [0.2, 0.25) is 0 Å². The summed E-state index contributed by atoms with van der Waals surface area (Å²) < 4.78 is 38.5. The summed E-state index contributed by atoms with van der Waals surface area (Å²) in [6.45, 7) is 0. The average Bonchev–Trinajstić information content (AvgIpc) is 2.75. The number of hydrogen-bond donors (Lipinski definition) is 2. The Morgan fingerprint density at radius 3 is 2.29 bits per heavy atom. The van der Waals surface area contributed by atoms with E-state index in [0.29, 0.717) is 23.5 Å². The molecular weight excluding hydrogens is 403 g/mol. The van der Waals surface area contributed by atoms with Gasteiger partial charge in [0.1, 0.15) is 11.5 Å². The van der Waals surface area contributed by atoms with Crippen molar-refractivity contribution >= 4 is 17.5 Å². The zero-order chi connectivity index (χ0) is 21.8. The molecule has 0 saturated carbocycles. The van der Waals surface area contributed by atoms with Crippen LogP contribution in [0.3, 0.4) is 0 Å². The molecule has 0 unspecified atom stereocenters. The number of aromatic nitrogens is 3. The summed E-state index contributed by atoms with van der Waals surface area (Å²) in [5.74, 6) is 0.696. The van der Waals surface area contributed by atoms with Gasteiger partial charge >= 0.3 is 6.18 Å². The van der Waals surface area contributed by atoms with E-state index < -0.39 is 11.9 Å². The number of nitrogen functional groups attached to an aromatic ring is 1. The highest BCUT2D eigenvalue weighted by Gasteiger charge is 2.32.